The summed E-state index contributed by atoms with van der Waals surface area (Å²) in [4.78, 5) is 22.4. The van der Waals surface area contributed by atoms with Crippen molar-refractivity contribution in [2.24, 2.45) is 0 Å². The van der Waals surface area contributed by atoms with Gasteiger partial charge in [0.25, 0.3) is 5.91 Å². The SMILES string of the molecule is CC(CC(=O)O)NC(=O)c1ccc(F)c(NS(C)(=O)=O)c1. The molecule has 0 aliphatic carbocycles. The molecule has 0 aliphatic rings. The number of hydrogen-bond acceptors (Lipinski definition) is 4. The van der Waals surface area contributed by atoms with E-state index in [0.29, 0.717) is 0 Å². The lowest BCUT2D eigenvalue weighted by Gasteiger charge is -2.12. The Morgan fingerprint density at radius 1 is 1.38 bits per heavy atom. The van der Waals surface area contributed by atoms with E-state index in [4.69, 9.17) is 5.11 Å². The first-order valence-corrected chi connectivity index (χ1v) is 7.77. The molecule has 0 fully saturated rings. The Kier molecular flexibility index (Phi) is 5.25. The highest BCUT2D eigenvalue weighted by Crippen LogP contribution is 2.17. The number of carbonyl (C=O) groups excluding carboxylic acids is 1. The van der Waals surface area contributed by atoms with Crippen molar-refractivity contribution in [3.8, 4) is 0 Å². The topological polar surface area (TPSA) is 113 Å². The maximum Gasteiger partial charge on any atom is 0.305 e. The first-order valence-electron chi connectivity index (χ1n) is 5.88. The van der Waals surface area contributed by atoms with Crippen LogP contribution < -0.4 is 10.0 Å². The molecule has 21 heavy (non-hydrogen) atoms. The molecule has 1 atom stereocenters. The van der Waals surface area contributed by atoms with Crippen LogP contribution in [0.3, 0.4) is 0 Å². The lowest BCUT2D eigenvalue weighted by atomic mass is 10.1. The Morgan fingerprint density at radius 2 is 2.00 bits per heavy atom. The summed E-state index contributed by atoms with van der Waals surface area (Å²) in [5.74, 6) is -2.52. The van der Waals surface area contributed by atoms with Gasteiger partial charge in [-0.1, -0.05) is 0 Å². The molecule has 0 aromatic heterocycles. The van der Waals surface area contributed by atoms with E-state index >= 15 is 0 Å². The van der Waals surface area contributed by atoms with Crippen LogP contribution in [0, 0.1) is 5.82 Å². The van der Waals surface area contributed by atoms with Gasteiger partial charge in [0.2, 0.25) is 10.0 Å². The van der Waals surface area contributed by atoms with Gasteiger partial charge in [0.05, 0.1) is 18.4 Å². The second-order valence-corrected chi connectivity index (χ2v) is 6.29. The number of halogens is 1. The fraction of sp³-hybridized carbons (Fsp3) is 0.333. The number of rotatable bonds is 6. The lowest BCUT2D eigenvalue weighted by Crippen LogP contribution is -2.34. The van der Waals surface area contributed by atoms with Crippen molar-refractivity contribution in [1.82, 2.24) is 5.32 Å². The van der Waals surface area contributed by atoms with E-state index in [0.717, 1.165) is 18.4 Å². The fourth-order valence-electron chi connectivity index (χ4n) is 1.56. The number of nitrogens with one attached hydrogen (secondary N) is 2. The second-order valence-electron chi connectivity index (χ2n) is 4.54. The summed E-state index contributed by atoms with van der Waals surface area (Å²) in [5.41, 5.74) is -0.337. The summed E-state index contributed by atoms with van der Waals surface area (Å²) < 4.78 is 37.6. The molecule has 0 spiro atoms. The van der Waals surface area contributed by atoms with Crippen molar-refractivity contribution in [2.45, 2.75) is 19.4 Å². The zero-order chi connectivity index (χ0) is 16.2. The highest BCUT2D eigenvalue weighted by Gasteiger charge is 2.15. The summed E-state index contributed by atoms with van der Waals surface area (Å²) >= 11 is 0. The van der Waals surface area contributed by atoms with E-state index in [9.17, 15) is 22.4 Å². The molecule has 116 valence electrons. The van der Waals surface area contributed by atoms with Gasteiger partial charge < -0.3 is 10.4 Å². The van der Waals surface area contributed by atoms with Gasteiger partial charge in [0.15, 0.2) is 0 Å². The van der Waals surface area contributed by atoms with Crippen LogP contribution in [0.25, 0.3) is 0 Å². The van der Waals surface area contributed by atoms with Crippen LogP contribution in [0.1, 0.15) is 23.7 Å². The molecule has 1 amide bonds. The van der Waals surface area contributed by atoms with Crippen LogP contribution in [0.5, 0.6) is 0 Å². The number of carboxylic acids is 1. The van der Waals surface area contributed by atoms with Crippen LogP contribution in [-0.4, -0.2) is 37.7 Å². The van der Waals surface area contributed by atoms with Gasteiger partial charge in [-0.2, -0.15) is 0 Å². The molecule has 7 nitrogen and oxygen atoms in total. The summed E-state index contributed by atoms with van der Waals surface area (Å²) in [6.07, 6.45) is 0.593. The third kappa shape index (κ3) is 5.78. The minimum Gasteiger partial charge on any atom is -0.481 e. The predicted molar refractivity (Wildman–Crippen MR) is 74.0 cm³/mol. The van der Waals surface area contributed by atoms with Crippen LogP contribution in [0.2, 0.25) is 0 Å². The van der Waals surface area contributed by atoms with E-state index in [-0.39, 0.29) is 17.7 Å². The average Bonchev–Trinajstić information content (AvgIpc) is 2.28. The molecular formula is C12H15FN2O5S. The first-order chi connectivity index (χ1) is 9.58. The molecule has 0 saturated heterocycles. The van der Waals surface area contributed by atoms with E-state index in [1.54, 1.807) is 0 Å². The Labute approximate surface area is 121 Å². The van der Waals surface area contributed by atoms with Crippen molar-refractivity contribution in [3.63, 3.8) is 0 Å². The van der Waals surface area contributed by atoms with Gasteiger partial charge >= 0.3 is 5.97 Å². The highest BCUT2D eigenvalue weighted by atomic mass is 32.2. The third-order valence-electron chi connectivity index (χ3n) is 2.38. The molecule has 3 N–H and O–H groups in total. The van der Waals surface area contributed by atoms with Crippen molar-refractivity contribution in [1.29, 1.82) is 0 Å². The number of sulfonamides is 1. The first kappa shape index (κ1) is 16.9. The monoisotopic (exact) mass is 318 g/mol. The molecule has 0 aliphatic heterocycles. The van der Waals surface area contributed by atoms with Crippen LogP contribution in [0.15, 0.2) is 18.2 Å². The van der Waals surface area contributed by atoms with Crippen molar-refractivity contribution in [3.05, 3.63) is 29.6 Å². The van der Waals surface area contributed by atoms with Gasteiger partial charge in [-0.05, 0) is 25.1 Å². The molecule has 1 aromatic rings. The molecule has 1 aromatic carbocycles. The molecule has 1 rings (SSSR count). The Balaban J connectivity index is 2.91. The predicted octanol–water partition coefficient (Wildman–Crippen LogP) is 0.790. The number of aliphatic carboxylic acids is 1. The van der Waals surface area contributed by atoms with E-state index in [2.05, 4.69) is 5.32 Å². The van der Waals surface area contributed by atoms with E-state index in [1.165, 1.54) is 13.0 Å². The number of benzene rings is 1. The zero-order valence-electron chi connectivity index (χ0n) is 11.4. The average molecular weight is 318 g/mol. The van der Waals surface area contributed by atoms with Crippen molar-refractivity contribution < 1.29 is 27.5 Å². The van der Waals surface area contributed by atoms with Gasteiger partial charge in [0.1, 0.15) is 5.82 Å². The third-order valence-corrected chi connectivity index (χ3v) is 2.97. The Morgan fingerprint density at radius 3 is 2.52 bits per heavy atom. The standard InChI is InChI=1S/C12H15FN2O5S/c1-7(5-11(16)17)14-12(18)8-3-4-9(13)10(6-8)15-21(2,19)20/h3-4,6-7,15H,5H2,1-2H3,(H,14,18)(H,16,17). The number of anilines is 1. The quantitative estimate of drug-likeness (QED) is 0.718. The molecular weight excluding hydrogens is 303 g/mol. The van der Waals surface area contributed by atoms with Crippen LogP contribution in [0.4, 0.5) is 10.1 Å². The van der Waals surface area contributed by atoms with Gasteiger partial charge in [0, 0.05) is 11.6 Å². The largest absolute Gasteiger partial charge is 0.481 e. The minimum atomic E-state index is -3.68. The summed E-state index contributed by atoms with van der Waals surface area (Å²) in [7, 11) is -3.68. The summed E-state index contributed by atoms with van der Waals surface area (Å²) in [5, 5.41) is 11.0. The number of amides is 1. The fourth-order valence-corrected chi connectivity index (χ4v) is 2.12. The van der Waals surface area contributed by atoms with Gasteiger partial charge in [-0.3, -0.25) is 14.3 Å². The molecule has 0 bridgehead atoms. The van der Waals surface area contributed by atoms with Crippen LogP contribution in [-0.2, 0) is 14.8 Å². The number of hydrogen-bond donors (Lipinski definition) is 3. The molecule has 0 heterocycles. The summed E-state index contributed by atoms with van der Waals surface area (Å²) in [6.45, 7) is 1.51. The maximum atomic E-state index is 13.5. The van der Waals surface area contributed by atoms with Crippen molar-refractivity contribution >= 4 is 27.6 Å². The maximum absolute atomic E-state index is 13.5. The van der Waals surface area contributed by atoms with E-state index in [1.807, 2.05) is 4.72 Å². The zero-order valence-corrected chi connectivity index (χ0v) is 12.2. The Bertz CT molecular complexity index is 660. The molecule has 0 saturated carbocycles. The van der Waals surface area contributed by atoms with E-state index < -0.39 is 33.8 Å². The normalized spacial score (nSPS) is 12.5. The highest BCUT2D eigenvalue weighted by molar-refractivity contribution is 7.92. The Hall–Kier alpha value is -2.16. The smallest absolute Gasteiger partial charge is 0.305 e. The minimum absolute atomic E-state index is 0.0137. The van der Waals surface area contributed by atoms with Crippen LogP contribution >= 0.6 is 0 Å². The van der Waals surface area contributed by atoms with Gasteiger partial charge in [-0.25, -0.2) is 12.8 Å². The second kappa shape index (κ2) is 6.53. The molecule has 9 heteroatoms. The van der Waals surface area contributed by atoms with Gasteiger partial charge in [-0.15, -0.1) is 0 Å². The number of carbonyl (C=O) groups is 2. The molecule has 0 radical (unpaired) electrons. The molecule has 1 unspecified atom stereocenters. The summed E-state index contributed by atoms with van der Waals surface area (Å²) in [6, 6.07) is 2.54. The van der Waals surface area contributed by atoms with Crippen molar-refractivity contribution in [2.75, 3.05) is 11.0 Å². The lowest BCUT2D eigenvalue weighted by molar-refractivity contribution is -0.137. The number of carboxylic acid groups (broad SMARTS) is 1.